The Kier molecular flexibility index (Phi) is 2.75. The Morgan fingerprint density at radius 2 is 2.16 bits per heavy atom. The van der Waals surface area contributed by atoms with Crippen molar-refractivity contribution in [2.45, 2.75) is 13.5 Å². The van der Waals surface area contributed by atoms with Gasteiger partial charge in [-0.1, -0.05) is 11.6 Å². The number of fused-ring (bicyclic) bond motifs is 3. The molecule has 2 aromatic heterocycles. The van der Waals surface area contributed by atoms with Crippen molar-refractivity contribution in [1.29, 1.82) is 0 Å². The smallest absolute Gasteiger partial charge is 0.286 e. The molecule has 0 aliphatic heterocycles. The SMILES string of the molecule is CCn1c2cc(Cl)ccc2c2oc(C(=O)NC)cc21. The number of benzene rings is 1. The van der Waals surface area contributed by atoms with Crippen LogP contribution in [0, 0.1) is 0 Å². The van der Waals surface area contributed by atoms with Gasteiger partial charge in [-0.3, -0.25) is 4.79 Å². The predicted molar refractivity (Wildman–Crippen MR) is 75.8 cm³/mol. The summed E-state index contributed by atoms with van der Waals surface area (Å²) in [6.07, 6.45) is 0. The molecule has 0 unspecified atom stereocenters. The standard InChI is InChI=1S/C14H13ClN2O2/c1-3-17-10-6-8(15)4-5-9(10)13-11(17)7-12(19-13)14(18)16-2/h4-7H,3H2,1-2H3,(H,16,18). The topological polar surface area (TPSA) is 47.2 Å². The highest BCUT2D eigenvalue weighted by molar-refractivity contribution is 6.31. The molecular formula is C14H13ClN2O2. The minimum atomic E-state index is -0.221. The van der Waals surface area contributed by atoms with E-state index in [1.807, 2.05) is 25.1 Å². The molecule has 0 aliphatic carbocycles. The molecular weight excluding hydrogens is 264 g/mol. The molecule has 98 valence electrons. The zero-order valence-electron chi connectivity index (χ0n) is 10.7. The number of aromatic nitrogens is 1. The molecule has 0 saturated carbocycles. The molecule has 1 N–H and O–H groups in total. The number of hydrogen-bond donors (Lipinski definition) is 1. The molecule has 3 aromatic rings. The Bertz CT molecular complexity index is 786. The van der Waals surface area contributed by atoms with Gasteiger partial charge in [0, 0.05) is 30.1 Å². The normalized spacial score (nSPS) is 11.3. The third kappa shape index (κ3) is 1.71. The molecule has 0 aliphatic rings. The van der Waals surface area contributed by atoms with Gasteiger partial charge in [-0.25, -0.2) is 0 Å². The number of aryl methyl sites for hydroxylation is 1. The maximum Gasteiger partial charge on any atom is 0.286 e. The Hall–Kier alpha value is -1.94. The van der Waals surface area contributed by atoms with Crippen LogP contribution < -0.4 is 5.32 Å². The second kappa shape index (κ2) is 4.31. The lowest BCUT2D eigenvalue weighted by Gasteiger charge is -2.01. The average molecular weight is 277 g/mol. The summed E-state index contributed by atoms with van der Waals surface area (Å²) < 4.78 is 7.77. The Morgan fingerprint density at radius 3 is 2.84 bits per heavy atom. The van der Waals surface area contributed by atoms with Crippen LogP contribution in [0.5, 0.6) is 0 Å². The van der Waals surface area contributed by atoms with Crippen LogP contribution >= 0.6 is 11.6 Å². The summed E-state index contributed by atoms with van der Waals surface area (Å²) in [5.74, 6) is 0.104. The summed E-state index contributed by atoms with van der Waals surface area (Å²) in [6.45, 7) is 2.83. The second-order valence-electron chi connectivity index (χ2n) is 4.31. The minimum Gasteiger partial charge on any atom is -0.449 e. The highest BCUT2D eigenvalue weighted by atomic mass is 35.5. The first-order valence-electron chi connectivity index (χ1n) is 6.09. The predicted octanol–water partition coefficient (Wildman–Crippen LogP) is 3.42. The molecule has 0 radical (unpaired) electrons. The zero-order valence-corrected chi connectivity index (χ0v) is 11.4. The van der Waals surface area contributed by atoms with E-state index in [9.17, 15) is 4.79 Å². The molecule has 19 heavy (non-hydrogen) atoms. The van der Waals surface area contributed by atoms with Gasteiger partial charge in [-0.05, 0) is 25.1 Å². The summed E-state index contributed by atoms with van der Waals surface area (Å²) >= 11 is 6.04. The molecule has 0 saturated heterocycles. The first kappa shape index (κ1) is 12.1. The maximum atomic E-state index is 11.6. The molecule has 3 rings (SSSR count). The van der Waals surface area contributed by atoms with Crippen molar-refractivity contribution in [2.75, 3.05) is 7.05 Å². The number of carbonyl (C=O) groups is 1. The molecule has 2 heterocycles. The largest absolute Gasteiger partial charge is 0.449 e. The quantitative estimate of drug-likeness (QED) is 0.779. The van der Waals surface area contributed by atoms with E-state index in [0.717, 1.165) is 28.5 Å². The van der Waals surface area contributed by atoms with Crippen LogP contribution in [-0.2, 0) is 6.54 Å². The van der Waals surface area contributed by atoms with E-state index in [1.165, 1.54) is 0 Å². The lowest BCUT2D eigenvalue weighted by Crippen LogP contribution is -2.16. The van der Waals surface area contributed by atoms with Crippen LogP contribution in [0.25, 0.3) is 22.0 Å². The fraction of sp³-hybridized carbons (Fsp3) is 0.214. The van der Waals surface area contributed by atoms with E-state index < -0.39 is 0 Å². The van der Waals surface area contributed by atoms with Gasteiger partial charge in [0.15, 0.2) is 11.3 Å². The van der Waals surface area contributed by atoms with Crippen LogP contribution in [0.4, 0.5) is 0 Å². The van der Waals surface area contributed by atoms with Crippen molar-refractivity contribution in [3.63, 3.8) is 0 Å². The van der Waals surface area contributed by atoms with Crippen molar-refractivity contribution < 1.29 is 9.21 Å². The third-order valence-corrected chi connectivity index (χ3v) is 3.50. The van der Waals surface area contributed by atoms with E-state index in [0.29, 0.717) is 10.8 Å². The Labute approximate surface area is 114 Å². The van der Waals surface area contributed by atoms with Gasteiger partial charge in [0.2, 0.25) is 0 Å². The lowest BCUT2D eigenvalue weighted by molar-refractivity contribution is 0.0938. The molecule has 0 bridgehead atoms. The molecule has 0 atom stereocenters. The monoisotopic (exact) mass is 276 g/mol. The second-order valence-corrected chi connectivity index (χ2v) is 4.75. The summed E-state index contributed by atoms with van der Waals surface area (Å²) in [5.41, 5.74) is 2.66. The van der Waals surface area contributed by atoms with Gasteiger partial charge < -0.3 is 14.3 Å². The van der Waals surface area contributed by atoms with Crippen LogP contribution in [0.15, 0.2) is 28.7 Å². The highest BCUT2D eigenvalue weighted by Gasteiger charge is 2.18. The van der Waals surface area contributed by atoms with E-state index in [4.69, 9.17) is 16.0 Å². The number of nitrogens with zero attached hydrogens (tertiary/aromatic N) is 1. The molecule has 5 heteroatoms. The summed E-state index contributed by atoms with van der Waals surface area (Å²) in [6, 6.07) is 7.43. The fourth-order valence-electron chi connectivity index (χ4n) is 2.40. The fourth-order valence-corrected chi connectivity index (χ4v) is 2.57. The van der Waals surface area contributed by atoms with Crippen molar-refractivity contribution in [1.82, 2.24) is 9.88 Å². The molecule has 0 spiro atoms. The number of hydrogen-bond acceptors (Lipinski definition) is 2. The van der Waals surface area contributed by atoms with Crippen molar-refractivity contribution in [3.05, 3.63) is 35.0 Å². The molecule has 1 aromatic carbocycles. The van der Waals surface area contributed by atoms with Gasteiger partial charge in [0.05, 0.1) is 11.0 Å². The minimum absolute atomic E-state index is 0.221. The van der Waals surface area contributed by atoms with E-state index in [2.05, 4.69) is 9.88 Å². The number of halogens is 1. The zero-order chi connectivity index (χ0) is 13.6. The van der Waals surface area contributed by atoms with Crippen molar-refractivity contribution in [2.24, 2.45) is 0 Å². The Morgan fingerprint density at radius 1 is 1.37 bits per heavy atom. The number of carbonyl (C=O) groups excluding carboxylic acids is 1. The van der Waals surface area contributed by atoms with Crippen molar-refractivity contribution in [3.8, 4) is 0 Å². The van der Waals surface area contributed by atoms with Gasteiger partial charge in [-0.15, -0.1) is 0 Å². The van der Waals surface area contributed by atoms with Gasteiger partial charge in [0.1, 0.15) is 0 Å². The third-order valence-electron chi connectivity index (χ3n) is 3.27. The van der Waals surface area contributed by atoms with Crippen LogP contribution in [0.3, 0.4) is 0 Å². The first-order chi connectivity index (χ1) is 9.15. The van der Waals surface area contributed by atoms with E-state index in [-0.39, 0.29) is 5.91 Å². The van der Waals surface area contributed by atoms with Crippen LogP contribution in [0.1, 0.15) is 17.5 Å². The summed E-state index contributed by atoms with van der Waals surface area (Å²) in [7, 11) is 1.58. The van der Waals surface area contributed by atoms with E-state index >= 15 is 0 Å². The van der Waals surface area contributed by atoms with Crippen molar-refractivity contribution >= 4 is 39.5 Å². The van der Waals surface area contributed by atoms with Gasteiger partial charge >= 0.3 is 0 Å². The van der Waals surface area contributed by atoms with E-state index in [1.54, 1.807) is 13.1 Å². The number of nitrogens with one attached hydrogen (secondary N) is 1. The van der Waals surface area contributed by atoms with Gasteiger partial charge in [0.25, 0.3) is 5.91 Å². The summed E-state index contributed by atoms with van der Waals surface area (Å²) in [4.78, 5) is 11.6. The Balaban J connectivity index is 2.37. The number of rotatable bonds is 2. The maximum absolute atomic E-state index is 11.6. The summed E-state index contributed by atoms with van der Waals surface area (Å²) in [5, 5.41) is 4.22. The average Bonchev–Trinajstić information content (AvgIpc) is 2.94. The number of furan rings is 1. The molecule has 1 amide bonds. The lowest BCUT2D eigenvalue weighted by atomic mass is 10.2. The van der Waals surface area contributed by atoms with Crippen LogP contribution in [0.2, 0.25) is 5.02 Å². The van der Waals surface area contributed by atoms with Crippen LogP contribution in [-0.4, -0.2) is 17.5 Å². The number of amides is 1. The van der Waals surface area contributed by atoms with Gasteiger partial charge in [-0.2, -0.15) is 0 Å². The molecule has 4 nitrogen and oxygen atoms in total. The molecule has 0 fully saturated rings. The first-order valence-corrected chi connectivity index (χ1v) is 6.47. The highest BCUT2D eigenvalue weighted by Crippen LogP contribution is 2.33.